The zero-order chi connectivity index (χ0) is 32.7. The van der Waals surface area contributed by atoms with Gasteiger partial charge in [0.15, 0.2) is 0 Å². The van der Waals surface area contributed by atoms with Crippen LogP contribution in [0.15, 0.2) is 66.7 Å². The summed E-state index contributed by atoms with van der Waals surface area (Å²) in [6, 6.07) is 13.9. The van der Waals surface area contributed by atoms with Gasteiger partial charge in [-0.1, -0.05) is 36.4 Å². The summed E-state index contributed by atoms with van der Waals surface area (Å²) >= 11 is 0. The van der Waals surface area contributed by atoms with Gasteiger partial charge in [-0.05, 0) is 60.4 Å². The van der Waals surface area contributed by atoms with Gasteiger partial charge in [0.25, 0.3) is 5.91 Å². The first kappa shape index (κ1) is 32.2. The molecule has 5 rings (SSSR count). The van der Waals surface area contributed by atoms with E-state index in [2.05, 4.69) is 5.32 Å². The Hall–Kier alpha value is -4.19. The van der Waals surface area contributed by atoms with Crippen LogP contribution >= 0.6 is 7.60 Å². The summed E-state index contributed by atoms with van der Waals surface area (Å²) in [6.07, 6.45) is 1.43. The Balaban J connectivity index is 1.43. The van der Waals surface area contributed by atoms with E-state index in [1.807, 2.05) is 6.07 Å². The normalized spacial score (nSPS) is 20.8. The fourth-order valence-electron chi connectivity index (χ4n) is 6.00. The lowest BCUT2D eigenvalue weighted by atomic mass is 10.0. The van der Waals surface area contributed by atoms with Crippen molar-refractivity contribution < 1.29 is 42.3 Å². The molecule has 2 aliphatic rings. The second kappa shape index (κ2) is 12.3. The van der Waals surface area contributed by atoms with Gasteiger partial charge in [0.2, 0.25) is 17.7 Å². The van der Waals surface area contributed by atoms with Crippen LogP contribution in [0.3, 0.4) is 0 Å². The Bertz CT molecular complexity index is 1700. The average Bonchev–Trinajstić information content (AvgIpc) is 3.43. The fourth-order valence-corrected chi connectivity index (χ4v) is 6.47. The van der Waals surface area contributed by atoms with Crippen LogP contribution in [0.25, 0.3) is 10.8 Å². The van der Waals surface area contributed by atoms with E-state index in [0.717, 1.165) is 12.1 Å². The van der Waals surface area contributed by atoms with E-state index in [0.29, 0.717) is 36.9 Å². The maximum absolute atomic E-state index is 14.4. The summed E-state index contributed by atoms with van der Waals surface area (Å²) in [7, 11) is -4.18. The van der Waals surface area contributed by atoms with Gasteiger partial charge >= 0.3 is 13.3 Å². The quantitative estimate of drug-likeness (QED) is 0.349. The molecule has 0 aliphatic carbocycles. The highest BCUT2D eigenvalue weighted by molar-refractivity contribution is 7.52. The summed E-state index contributed by atoms with van der Waals surface area (Å²) in [5.41, 5.74) is -4.69. The van der Waals surface area contributed by atoms with Gasteiger partial charge in [-0.25, -0.2) is 0 Å². The number of alkyl halides is 2. The standard InChI is InChI=1S/C31H33F2N4O7P/c1-19(38)36-15-14-25-12-13-27(30(41)35(2)24-6-4-3-5-7-24)37(25)29(40)26(18-36)34-28(39)21-9-8-20-10-11-23(17-22(20)16-21)31(32,33)45(42,43)44/h3-11,16-17,25-27H,12-15,18H2,1-2H3,(H,34,39)(H2,42,43,44)/t25-,26?,27+/m1/s1. The molecule has 3 N–H and O–H groups in total. The van der Waals surface area contributed by atoms with E-state index in [-0.39, 0.29) is 35.4 Å². The van der Waals surface area contributed by atoms with Gasteiger partial charge in [-0.3, -0.25) is 23.7 Å². The number of hydrogen-bond acceptors (Lipinski definition) is 5. The number of carbonyl (C=O) groups is 4. The highest BCUT2D eigenvalue weighted by atomic mass is 31.2. The van der Waals surface area contributed by atoms with Crippen LogP contribution in [-0.4, -0.2) is 81.5 Å². The predicted molar refractivity (Wildman–Crippen MR) is 162 cm³/mol. The summed E-state index contributed by atoms with van der Waals surface area (Å²) in [6.45, 7) is 1.55. The lowest BCUT2D eigenvalue weighted by Gasteiger charge is -2.39. The van der Waals surface area contributed by atoms with Gasteiger partial charge in [0, 0.05) is 49.9 Å². The average molecular weight is 643 g/mol. The molecule has 3 atom stereocenters. The molecule has 2 fully saturated rings. The van der Waals surface area contributed by atoms with Crippen molar-refractivity contribution in [3.05, 3.63) is 77.9 Å². The molecule has 0 bridgehead atoms. The van der Waals surface area contributed by atoms with Crippen LogP contribution in [0.2, 0.25) is 0 Å². The van der Waals surface area contributed by atoms with Crippen LogP contribution in [0.5, 0.6) is 0 Å². The van der Waals surface area contributed by atoms with Crippen molar-refractivity contribution in [1.29, 1.82) is 0 Å². The second-order valence-corrected chi connectivity index (χ2v) is 13.0. The van der Waals surface area contributed by atoms with Gasteiger partial charge in [-0.15, -0.1) is 0 Å². The first-order chi connectivity index (χ1) is 21.2. The summed E-state index contributed by atoms with van der Waals surface area (Å²) in [5, 5.41) is 3.24. The number of carbonyl (C=O) groups excluding carboxylic acids is 4. The number of para-hydroxylation sites is 1. The van der Waals surface area contributed by atoms with Crippen LogP contribution in [0.4, 0.5) is 14.5 Å². The number of amides is 4. The van der Waals surface area contributed by atoms with E-state index < -0.39 is 42.7 Å². The van der Waals surface area contributed by atoms with E-state index in [1.54, 1.807) is 31.3 Å². The number of nitrogens with one attached hydrogen (secondary N) is 1. The first-order valence-corrected chi connectivity index (χ1v) is 16.0. The number of benzene rings is 3. The molecule has 4 amide bonds. The molecule has 2 aliphatic heterocycles. The SMILES string of the molecule is CC(=O)N1CC[C@H]2CC[C@@H](C(=O)N(C)c3ccccc3)N2C(=O)C(NC(=O)c2ccc3ccc(C(F)(F)P(=O)(O)O)cc3c2)C1. The summed E-state index contributed by atoms with van der Waals surface area (Å²) in [5.74, 6) is -1.80. The zero-order valence-corrected chi connectivity index (χ0v) is 25.5. The Morgan fingerprint density at radius 1 is 0.978 bits per heavy atom. The second-order valence-electron chi connectivity index (χ2n) is 11.4. The Morgan fingerprint density at radius 2 is 1.67 bits per heavy atom. The largest absolute Gasteiger partial charge is 0.399 e. The lowest BCUT2D eigenvalue weighted by Crippen LogP contribution is -2.61. The van der Waals surface area contributed by atoms with Crippen molar-refractivity contribution >= 4 is 47.7 Å². The molecule has 2 heterocycles. The van der Waals surface area contributed by atoms with Crippen LogP contribution in [0, 0.1) is 0 Å². The number of hydrogen-bond donors (Lipinski definition) is 3. The Kier molecular flexibility index (Phi) is 8.81. The molecule has 0 spiro atoms. The molecule has 1 unspecified atom stereocenters. The Morgan fingerprint density at radius 3 is 2.33 bits per heavy atom. The molecule has 11 nitrogen and oxygen atoms in total. The minimum absolute atomic E-state index is 0.00205. The number of rotatable bonds is 6. The molecule has 0 saturated carbocycles. The topological polar surface area (TPSA) is 148 Å². The van der Waals surface area contributed by atoms with E-state index in [4.69, 9.17) is 9.79 Å². The van der Waals surface area contributed by atoms with E-state index >= 15 is 0 Å². The molecule has 2 saturated heterocycles. The third-order valence-corrected chi connectivity index (χ3v) is 9.51. The van der Waals surface area contributed by atoms with Gasteiger partial charge < -0.3 is 29.8 Å². The van der Waals surface area contributed by atoms with Crippen molar-refractivity contribution in [2.45, 2.75) is 50.0 Å². The molecule has 0 radical (unpaired) electrons. The molecule has 3 aromatic rings. The number of likely N-dealkylation sites (N-methyl/N-ethyl adjacent to an activating group) is 1. The highest BCUT2D eigenvalue weighted by Gasteiger charge is 2.50. The zero-order valence-electron chi connectivity index (χ0n) is 24.6. The van der Waals surface area contributed by atoms with Gasteiger partial charge in [-0.2, -0.15) is 8.78 Å². The summed E-state index contributed by atoms with van der Waals surface area (Å²) < 4.78 is 40.1. The van der Waals surface area contributed by atoms with Crippen molar-refractivity contribution in [2.24, 2.45) is 0 Å². The van der Waals surface area contributed by atoms with Crippen LogP contribution < -0.4 is 10.2 Å². The smallest absolute Gasteiger partial charge is 0.340 e. The molecular formula is C31H33F2N4O7P. The number of fused-ring (bicyclic) bond motifs is 2. The lowest BCUT2D eigenvalue weighted by molar-refractivity contribution is -0.144. The fraction of sp³-hybridized carbons (Fsp3) is 0.355. The molecule has 3 aromatic carbocycles. The van der Waals surface area contributed by atoms with Crippen molar-refractivity contribution in [1.82, 2.24) is 15.1 Å². The minimum Gasteiger partial charge on any atom is -0.340 e. The summed E-state index contributed by atoms with van der Waals surface area (Å²) in [4.78, 5) is 76.4. The van der Waals surface area contributed by atoms with Crippen LogP contribution in [0.1, 0.15) is 42.1 Å². The monoisotopic (exact) mass is 642 g/mol. The van der Waals surface area contributed by atoms with Gasteiger partial charge in [0.1, 0.15) is 12.1 Å². The van der Waals surface area contributed by atoms with E-state index in [9.17, 15) is 32.5 Å². The molecule has 14 heteroatoms. The molecular weight excluding hydrogens is 609 g/mol. The van der Waals surface area contributed by atoms with Crippen LogP contribution in [-0.2, 0) is 24.6 Å². The van der Waals surface area contributed by atoms with Crippen molar-refractivity contribution in [2.75, 3.05) is 25.0 Å². The minimum atomic E-state index is -5.81. The Labute approximate surface area is 257 Å². The molecule has 238 valence electrons. The number of anilines is 1. The highest BCUT2D eigenvalue weighted by Crippen LogP contribution is 2.59. The van der Waals surface area contributed by atoms with Gasteiger partial charge in [0.05, 0.1) is 0 Å². The maximum atomic E-state index is 14.4. The third kappa shape index (κ3) is 6.33. The third-order valence-electron chi connectivity index (χ3n) is 8.52. The van der Waals surface area contributed by atoms with Crippen molar-refractivity contribution in [3.63, 3.8) is 0 Å². The number of nitrogens with zero attached hydrogens (tertiary/aromatic N) is 3. The molecule has 45 heavy (non-hydrogen) atoms. The van der Waals surface area contributed by atoms with Crippen molar-refractivity contribution in [3.8, 4) is 0 Å². The van der Waals surface area contributed by atoms with E-state index in [1.165, 1.54) is 45.9 Å². The first-order valence-electron chi connectivity index (χ1n) is 14.4. The molecule has 0 aromatic heterocycles. The predicted octanol–water partition coefficient (Wildman–Crippen LogP) is 3.44. The number of halogens is 2. The maximum Gasteiger partial charge on any atom is 0.399 e.